The maximum absolute atomic E-state index is 13.8. The lowest BCUT2D eigenvalue weighted by Gasteiger charge is -2.12. The van der Waals surface area contributed by atoms with Crippen molar-refractivity contribution in [2.45, 2.75) is 156 Å². The van der Waals surface area contributed by atoms with Crippen LogP contribution >= 0.6 is 34.8 Å². The van der Waals surface area contributed by atoms with Crippen molar-refractivity contribution in [3.8, 4) is 0 Å². The van der Waals surface area contributed by atoms with Gasteiger partial charge in [-0.2, -0.15) is 0 Å². The molecule has 22 rings (SSSR count). The van der Waals surface area contributed by atoms with Crippen LogP contribution in [0.15, 0.2) is 219 Å². The number of benzene rings is 5. The number of carbonyl (C=O) groups excluding carboxylic acids is 5. The summed E-state index contributed by atoms with van der Waals surface area (Å²) in [6, 6.07) is 40.7. The zero-order valence-corrected chi connectivity index (χ0v) is 78.7. The van der Waals surface area contributed by atoms with Gasteiger partial charge in [0, 0.05) is 115 Å². The molecule has 12 aromatic rings. The number of ketones is 1. The van der Waals surface area contributed by atoms with Gasteiger partial charge >= 0.3 is 17.9 Å². The zero-order chi connectivity index (χ0) is 94.8. The fourth-order valence-corrected chi connectivity index (χ4v) is 24.0. The third kappa shape index (κ3) is 23.5. The number of aromatic nitrogens is 7. The van der Waals surface area contributed by atoms with Gasteiger partial charge in [-0.25, -0.2) is 26.9 Å². The third-order valence-electron chi connectivity index (χ3n) is 29.1. The summed E-state index contributed by atoms with van der Waals surface area (Å²) in [5, 5.41) is 5.39. The summed E-state index contributed by atoms with van der Waals surface area (Å²) in [7, 11) is 0. The summed E-state index contributed by atoms with van der Waals surface area (Å²) in [5.74, 6) is 7.01. The molecule has 5 saturated carbocycles. The summed E-state index contributed by atoms with van der Waals surface area (Å²) < 4.78 is 83.7. The van der Waals surface area contributed by atoms with Gasteiger partial charge < -0.3 is 19.9 Å². The second-order valence-corrected chi connectivity index (χ2v) is 39.6. The van der Waals surface area contributed by atoms with Crippen molar-refractivity contribution in [2.24, 2.45) is 88.8 Å². The first kappa shape index (κ1) is 95.9. The second-order valence-electron chi connectivity index (χ2n) is 38.3. The highest BCUT2D eigenvalue weighted by atomic mass is 35.5. The number of pyridine rings is 7. The predicted molar refractivity (Wildman–Crippen MR) is 525 cm³/mol. The molecule has 16 nitrogen and oxygen atoms in total. The normalized spacial score (nSPS) is 23.8. The fraction of sp³-hybridized carbons (Fsp3) is 0.375. The van der Waals surface area contributed by atoms with Crippen LogP contribution in [0.2, 0.25) is 10.0 Å². The van der Waals surface area contributed by atoms with Gasteiger partial charge in [0.25, 0.3) is 0 Å². The van der Waals surface area contributed by atoms with E-state index in [0.29, 0.717) is 163 Å². The van der Waals surface area contributed by atoms with Crippen molar-refractivity contribution in [1.29, 1.82) is 0 Å². The summed E-state index contributed by atoms with van der Waals surface area (Å²) in [6.45, 7) is 6.89. The van der Waals surface area contributed by atoms with Gasteiger partial charge in [-0.1, -0.05) is 53.6 Å². The van der Waals surface area contributed by atoms with Gasteiger partial charge in [0.1, 0.15) is 40.7 Å². The van der Waals surface area contributed by atoms with Gasteiger partial charge in [-0.3, -0.25) is 53.9 Å². The van der Waals surface area contributed by atoms with Crippen LogP contribution in [0, 0.1) is 118 Å². The molecule has 7 aromatic heterocycles. The van der Waals surface area contributed by atoms with E-state index < -0.39 is 0 Å². The van der Waals surface area contributed by atoms with E-state index >= 15 is 0 Å². The van der Waals surface area contributed by atoms with E-state index in [0.717, 1.165) is 184 Å². The van der Waals surface area contributed by atoms with Gasteiger partial charge in [-0.15, -0.1) is 0 Å². The lowest BCUT2D eigenvalue weighted by molar-refractivity contribution is -0.145. The van der Waals surface area contributed by atoms with Crippen molar-refractivity contribution < 1.29 is 60.1 Å². The highest BCUT2D eigenvalue weighted by Crippen LogP contribution is 2.56. The lowest BCUT2D eigenvalue weighted by atomic mass is 9.93. The molecule has 24 heteroatoms. The molecule has 10 aliphatic rings. The molecule has 2 N–H and O–H groups in total. The predicted octanol–water partition coefficient (Wildman–Crippen LogP) is 26.6. The highest BCUT2D eigenvalue weighted by molar-refractivity contribution is 6.63. The van der Waals surface area contributed by atoms with Crippen LogP contribution in [-0.4, -0.2) is 83.6 Å². The Morgan fingerprint density at radius 3 is 0.831 bits per heavy atom. The lowest BCUT2D eigenvalue weighted by Crippen LogP contribution is -2.10. The Bertz CT molecular complexity index is 6280. The minimum Gasteiger partial charge on any atom is -0.466 e. The van der Waals surface area contributed by atoms with Crippen LogP contribution in [0.25, 0.3) is 82.4 Å². The molecule has 1 unspecified atom stereocenters. The summed E-state index contributed by atoms with van der Waals surface area (Å²) in [4.78, 5) is 88.4. The monoisotopic (exact) mass is 1890 g/mol. The molecule has 0 bridgehead atoms. The van der Waals surface area contributed by atoms with E-state index in [2.05, 4.69) is 65.3 Å². The third-order valence-corrected chi connectivity index (χ3v) is 29.7. The van der Waals surface area contributed by atoms with Crippen molar-refractivity contribution in [3.05, 3.63) is 292 Å². The Labute approximate surface area is 803 Å². The number of ether oxygens (including phenoxy) is 3. The quantitative estimate of drug-likeness (QED) is 0.0324. The van der Waals surface area contributed by atoms with E-state index in [9.17, 15) is 45.9 Å². The van der Waals surface area contributed by atoms with Crippen molar-refractivity contribution in [2.75, 3.05) is 25.6 Å². The Morgan fingerprint density at radius 1 is 0.331 bits per heavy atom. The van der Waals surface area contributed by atoms with E-state index in [1.807, 2.05) is 57.2 Å². The Morgan fingerprint density at radius 2 is 0.596 bits per heavy atom. The fourth-order valence-electron chi connectivity index (χ4n) is 23.5. The number of rotatable bonds is 20. The maximum Gasteiger partial charge on any atom is 0.306 e. The zero-order valence-electron chi connectivity index (χ0n) is 76.4. The van der Waals surface area contributed by atoms with Crippen LogP contribution in [-0.2, 0) is 44.6 Å². The molecule has 5 fully saturated rings. The van der Waals surface area contributed by atoms with Crippen molar-refractivity contribution >= 4 is 152 Å². The molecule has 7 heterocycles. The standard InChI is InChI=1S/C25H22ClFN2O.3C21H22FNO2.C19H17ClFNO.C5H5ClN2/c26-19-1-3-21(29-14-19)13-22(30)9-15-7-16-10-18(11-17(16)8-15)23-5-6-28-25-4-2-20(27)12-24(23)25;3*1-2-25-21(24)9-13-7-14-10-16(11-15(14)8-13)18-5-6-23-20-4-3-17(22)12-19(18)20;20-19(23)7-11-5-12-8-14(9-13(12)6-11)16-3-4-22-18-2-1-15(21)10-17(16)18;6-4-1-2-5(7)8-3-4/h1-6,10,12,14-17H,7-9,11,13H2;3*3-6,10,12-15H,2,7-9,11H2,1H3;1-4,8,10-13H,5-7,9H2;1-3H,(H2,7,8)/t15-,16-,17+;13?,14-,15+;13-,14+,15-;13-,14-,15+;11-,12-,13+;/m00100./s1. The van der Waals surface area contributed by atoms with Crippen LogP contribution in [0.5, 0.6) is 0 Å². The average Bonchev–Trinajstić information content (AvgIpc) is 1.63. The molecule has 5 aromatic carbocycles. The topological polar surface area (TPSA) is 229 Å². The molecule has 0 amide bonds. The van der Waals surface area contributed by atoms with Gasteiger partial charge in [0.05, 0.1) is 57.4 Å². The number of nitrogens with zero attached hydrogens (tertiary/aromatic N) is 7. The number of halogens is 8. The molecule has 15 atom stereocenters. The Balaban J connectivity index is 0.000000116. The molecule has 702 valence electrons. The summed E-state index contributed by atoms with van der Waals surface area (Å²) in [5.41, 5.74) is 22.1. The molecule has 0 radical (unpaired) electrons. The first-order valence-electron chi connectivity index (χ1n) is 47.8. The van der Waals surface area contributed by atoms with Crippen molar-refractivity contribution in [1.82, 2.24) is 34.9 Å². The van der Waals surface area contributed by atoms with E-state index in [-0.39, 0.29) is 58.0 Å². The highest BCUT2D eigenvalue weighted by Gasteiger charge is 2.44. The Kier molecular flexibility index (Phi) is 30.8. The summed E-state index contributed by atoms with van der Waals surface area (Å²) in [6.07, 6.45) is 42.4. The van der Waals surface area contributed by atoms with Crippen LogP contribution in [0.4, 0.5) is 27.8 Å². The van der Waals surface area contributed by atoms with Crippen LogP contribution < -0.4 is 5.73 Å². The number of hydrogen-bond donors (Lipinski definition) is 1. The molecule has 0 spiro atoms. The van der Waals surface area contributed by atoms with Crippen molar-refractivity contribution in [3.63, 3.8) is 0 Å². The van der Waals surface area contributed by atoms with Gasteiger partial charge in [0.2, 0.25) is 5.24 Å². The number of anilines is 1. The van der Waals surface area contributed by atoms with E-state index in [1.54, 1.807) is 116 Å². The number of nitrogens with two attached hydrogens (primary N) is 1. The molecule has 136 heavy (non-hydrogen) atoms. The Hall–Kier alpha value is -11.8. The molecule has 0 aliphatic heterocycles. The minimum atomic E-state index is -0.232. The SMILES string of the molecule is CCOC(=O)CC1C[C@@H]2CC(c3ccnc4ccc(F)cc34)=C[C@@H]2C1.CCOC(=O)C[C@@H]1C[C@@H]2CC(c3ccnc4ccc(F)cc34)=C[C@@H]2C1.CCOC(=O)C[C@H]1C[C@@H]2CC(c3ccnc4ccc(F)cc34)=C[C@@H]2C1.Nc1ccc(Cl)cn1.O=C(Cc1ccc(Cl)cn1)C[C@@H]1C[C@@H]2CC(c3ccnc4ccc(F)cc34)=C[C@@H]2C1.O=C(Cl)C[C@@H]1C[C@@H]2CC(c3ccnc4ccc(F)cc34)=C[C@@H]2C1. The molecule has 10 aliphatic carbocycles. The number of esters is 3. The number of carbonyl (C=O) groups is 5. The van der Waals surface area contributed by atoms with E-state index in [1.165, 1.54) is 64.4 Å². The number of nitrogen functional groups attached to an aromatic ring is 1. The first-order chi connectivity index (χ1) is 65.8. The first-order valence-corrected chi connectivity index (χ1v) is 48.9. The maximum atomic E-state index is 13.8. The van der Waals surface area contributed by atoms with E-state index in [4.69, 9.17) is 54.7 Å². The second kappa shape index (κ2) is 43.7. The van der Waals surface area contributed by atoms with Crippen LogP contribution in [0.1, 0.15) is 183 Å². The van der Waals surface area contributed by atoms with Gasteiger partial charge in [-0.05, 0) is 419 Å². The largest absolute Gasteiger partial charge is 0.466 e. The molecular weight excluding hydrogens is 1790 g/mol. The van der Waals surface area contributed by atoms with Crippen LogP contribution in [0.3, 0.4) is 0 Å². The number of hydrogen-bond acceptors (Lipinski definition) is 16. The smallest absolute Gasteiger partial charge is 0.306 e. The molecule has 0 saturated heterocycles. The average molecular weight is 1900 g/mol. The summed E-state index contributed by atoms with van der Waals surface area (Å²) >= 11 is 16.9. The number of Topliss-reactive ketones (excluding diaryl/α,β-unsaturated/α-hetero) is 1. The molecular formula is C112H110Cl3F5N8O8. The van der Waals surface area contributed by atoms with Gasteiger partial charge in [0.15, 0.2) is 0 Å². The number of allylic oxidation sites excluding steroid dienone is 10. The minimum absolute atomic E-state index is 0.0766. The number of fused-ring (bicyclic) bond motifs is 10.